The highest BCUT2D eigenvalue weighted by Crippen LogP contribution is 2.51. The molecular formula is C26H36F4. The molecule has 30 heavy (non-hydrogen) atoms. The molecule has 4 rings (SSSR count). The van der Waals surface area contributed by atoms with E-state index in [0.29, 0.717) is 11.5 Å². The molecule has 0 nitrogen and oxygen atoms in total. The van der Waals surface area contributed by atoms with E-state index < -0.39 is 23.8 Å². The smallest absolute Gasteiger partial charge is 0.199 e. The summed E-state index contributed by atoms with van der Waals surface area (Å²) < 4.78 is 55.6. The van der Waals surface area contributed by atoms with Crippen LogP contribution in [0.5, 0.6) is 0 Å². The lowest BCUT2D eigenvalue weighted by Crippen LogP contribution is -2.42. The van der Waals surface area contributed by atoms with Crippen LogP contribution in [-0.4, -0.2) is 5.92 Å². The van der Waals surface area contributed by atoms with Gasteiger partial charge in [-0.15, -0.1) is 0 Å². The minimum absolute atomic E-state index is 0.0440. The van der Waals surface area contributed by atoms with Crippen LogP contribution in [0.2, 0.25) is 0 Å². The second-order valence-electron chi connectivity index (χ2n) is 10.2. The largest absolute Gasteiger partial charge is 0.335 e. The maximum absolute atomic E-state index is 14.2. The Bertz CT molecular complexity index is 710. The number of unbranched alkanes of at least 4 members (excludes halogenated alkanes) is 1. The van der Waals surface area contributed by atoms with E-state index in [1.165, 1.54) is 63.9 Å². The monoisotopic (exact) mass is 424 g/mol. The summed E-state index contributed by atoms with van der Waals surface area (Å²) in [5, 5.41) is 0. The number of alkyl halides is 4. The van der Waals surface area contributed by atoms with E-state index in [1.807, 2.05) is 6.07 Å². The van der Waals surface area contributed by atoms with Crippen LogP contribution in [0.3, 0.4) is 0 Å². The van der Waals surface area contributed by atoms with Crippen molar-refractivity contribution in [2.75, 3.05) is 0 Å². The van der Waals surface area contributed by atoms with Gasteiger partial charge in [0.1, 0.15) is 0 Å². The van der Waals surface area contributed by atoms with Crippen molar-refractivity contribution < 1.29 is 17.6 Å². The highest BCUT2D eigenvalue weighted by atomic mass is 19.3. The lowest BCUT2D eigenvalue weighted by molar-refractivity contribution is -0.224. The third-order valence-electron chi connectivity index (χ3n) is 8.40. The van der Waals surface area contributed by atoms with Crippen LogP contribution in [0.15, 0.2) is 18.2 Å². The van der Waals surface area contributed by atoms with Crippen molar-refractivity contribution in [1.82, 2.24) is 0 Å². The second kappa shape index (κ2) is 8.82. The Morgan fingerprint density at radius 3 is 2.13 bits per heavy atom. The average molecular weight is 425 g/mol. The Morgan fingerprint density at radius 1 is 0.867 bits per heavy atom. The molecule has 0 atom stereocenters. The molecule has 1 aromatic carbocycles. The molecule has 0 spiro atoms. The Hall–Kier alpha value is -1.06. The summed E-state index contributed by atoms with van der Waals surface area (Å²) >= 11 is 0. The third kappa shape index (κ3) is 4.30. The van der Waals surface area contributed by atoms with Gasteiger partial charge < -0.3 is 0 Å². The Balaban J connectivity index is 1.33. The number of halogens is 4. The Kier molecular flexibility index (Phi) is 6.51. The SMILES string of the molecule is CCCCC1CCC(C2CCC(c3ccc4c(c3)CCC(F)(F)C4(F)F)CC2)CC1. The van der Waals surface area contributed by atoms with Crippen molar-refractivity contribution in [2.45, 2.75) is 108 Å². The number of benzene rings is 1. The van der Waals surface area contributed by atoms with Gasteiger partial charge in [-0.3, -0.25) is 0 Å². The molecular weight excluding hydrogens is 388 g/mol. The van der Waals surface area contributed by atoms with Gasteiger partial charge in [0, 0.05) is 12.0 Å². The number of hydrogen-bond acceptors (Lipinski definition) is 0. The molecule has 0 amide bonds. The molecule has 0 heterocycles. The molecule has 0 unspecified atom stereocenters. The van der Waals surface area contributed by atoms with Crippen molar-refractivity contribution in [3.05, 3.63) is 34.9 Å². The Labute approximate surface area is 178 Å². The zero-order valence-electron chi connectivity index (χ0n) is 18.2. The minimum atomic E-state index is -4.05. The van der Waals surface area contributed by atoms with Gasteiger partial charge in [-0.2, -0.15) is 17.6 Å². The summed E-state index contributed by atoms with van der Waals surface area (Å²) in [6.07, 6.45) is 13.6. The molecule has 0 radical (unpaired) electrons. The highest BCUT2D eigenvalue weighted by molar-refractivity contribution is 5.40. The molecule has 1 aromatic rings. The quantitative estimate of drug-likeness (QED) is 0.415. The first-order chi connectivity index (χ1) is 14.3. The lowest BCUT2D eigenvalue weighted by atomic mass is 9.67. The molecule has 0 aliphatic heterocycles. The highest BCUT2D eigenvalue weighted by Gasteiger charge is 2.59. The van der Waals surface area contributed by atoms with Crippen LogP contribution in [-0.2, 0) is 12.3 Å². The summed E-state index contributed by atoms with van der Waals surface area (Å²) in [6, 6.07) is 4.78. The average Bonchev–Trinajstić information content (AvgIpc) is 2.76. The van der Waals surface area contributed by atoms with Crippen LogP contribution in [0.1, 0.15) is 107 Å². The van der Waals surface area contributed by atoms with Gasteiger partial charge in [0.25, 0.3) is 0 Å². The van der Waals surface area contributed by atoms with E-state index in [1.54, 1.807) is 6.07 Å². The van der Waals surface area contributed by atoms with Gasteiger partial charge in [-0.05, 0) is 79.7 Å². The number of rotatable bonds is 5. The number of aryl methyl sites for hydroxylation is 1. The standard InChI is InChI=1S/C26H36F4/c1-2-3-4-18-5-7-19(8-6-18)20-9-11-21(12-10-20)22-13-14-24-23(17-22)15-16-25(27,28)26(24,29)30/h13-14,17-21H,2-12,15-16H2,1H3. The van der Waals surface area contributed by atoms with E-state index in [9.17, 15) is 17.6 Å². The fourth-order valence-corrected chi connectivity index (χ4v) is 6.39. The van der Waals surface area contributed by atoms with Crippen molar-refractivity contribution in [1.29, 1.82) is 0 Å². The predicted octanol–water partition coefficient (Wildman–Crippen LogP) is 8.63. The first kappa shape index (κ1) is 22.1. The summed E-state index contributed by atoms with van der Waals surface area (Å²) in [7, 11) is 0. The van der Waals surface area contributed by atoms with Crippen LogP contribution in [0, 0.1) is 17.8 Å². The molecule has 4 heteroatoms. The van der Waals surface area contributed by atoms with E-state index in [4.69, 9.17) is 0 Å². The fourth-order valence-electron chi connectivity index (χ4n) is 6.39. The van der Waals surface area contributed by atoms with Gasteiger partial charge in [0.2, 0.25) is 0 Å². The molecule has 0 bridgehead atoms. The molecule has 2 fully saturated rings. The first-order valence-electron chi connectivity index (χ1n) is 12.2. The fraction of sp³-hybridized carbons (Fsp3) is 0.769. The summed E-state index contributed by atoms with van der Waals surface area (Å²) in [6.45, 7) is 2.27. The van der Waals surface area contributed by atoms with E-state index >= 15 is 0 Å². The van der Waals surface area contributed by atoms with Crippen LogP contribution in [0.25, 0.3) is 0 Å². The maximum Gasteiger partial charge on any atom is 0.335 e. The zero-order valence-corrected chi connectivity index (χ0v) is 18.2. The molecule has 0 aromatic heterocycles. The molecule has 168 valence electrons. The first-order valence-corrected chi connectivity index (χ1v) is 12.2. The number of hydrogen-bond donors (Lipinski definition) is 0. The van der Waals surface area contributed by atoms with Gasteiger partial charge >= 0.3 is 11.8 Å². The van der Waals surface area contributed by atoms with Crippen LogP contribution < -0.4 is 0 Å². The molecule has 0 N–H and O–H groups in total. The topological polar surface area (TPSA) is 0 Å². The van der Waals surface area contributed by atoms with Crippen LogP contribution >= 0.6 is 0 Å². The summed E-state index contributed by atoms with van der Waals surface area (Å²) in [5.74, 6) is -4.97. The van der Waals surface area contributed by atoms with Crippen molar-refractivity contribution in [3.8, 4) is 0 Å². The summed E-state index contributed by atoms with van der Waals surface area (Å²) in [5.41, 5.74) is 1.04. The van der Waals surface area contributed by atoms with Crippen molar-refractivity contribution in [2.24, 2.45) is 17.8 Å². The van der Waals surface area contributed by atoms with Crippen molar-refractivity contribution in [3.63, 3.8) is 0 Å². The Morgan fingerprint density at radius 2 is 1.50 bits per heavy atom. The van der Waals surface area contributed by atoms with Crippen LogP contribution in [0.4, 0.5) is 17.6 Å². The molecule has 3 aliphatic rings. The lowest BCUT2D eigenvalue weighted by Gasteiger charge is -2.38. The second-order valence-corrected chi connectivity index (χ2v) is 10.2. The van der Waals surface area contributed by atoms with E-state index in [0.717, 1.165) is 36.2 Å². The van der Waals surface area contributed by atoms with Gasteiger partial charge in [-0.25, -0.2) is 0 Å². The van der Waals surface area contributed by atoms with Crippen molar-refractivity contribution >= 4 is 0 Å². The third-order valence-corrected chi connectivity index (χ3v) is 8.40. The zero-order chi connectivity index (χ0) is 21.4. The molecule has 0 saturated heterocycles. The molecule has 3 aliphatic carbocycles. The minimum Gasteiger partial charge on any atom is -0.199 e. The van der Waals surface area contributed by atoms with Gasteiger partial charge in [0.05, 0.1) is 0 Å². The number of fused-ring (bicyclic) bond motifs is 1. The van der Waals surface area contributed by atoms with E-state index in [2.05, 4.69) is 6.92 Å². The van der Waals surface area contributed by atoms with Gasteiger partial charge in [-0.1, -0.05) is 57.2 Å². The molecule has 2 saturated carbocycles. The summed E-state index contributed by atoms with van der Waals surface area (Å²) in [4.78, 5) is 0. The maximum atomic E-state index is 14.2. The van der Waals surface area contributed by atoms with Gasteiger partial charge in [0.15, 0.2) is 0 Å². The predicted molar refractivity (Wildman–Crippen MR) is 113 cm³/mol. The van der Waals surface area contributed by atoms with E-state index in [-0.39, 0.29) is 6.42 Å². The normalized spacial score (nSPS) is 33.1.